The minimum atomic E-state index is -0.721. The lowest BCUT2D eigenvalue weighted by Gasteiger charge is -2.25. The highest BCUT2D eigenvalue weighted by Gasteiger charge is 2.28. The van der Waals surface area contributed by atoms with Crippen LogP contribution in [-0.2, 0) is 4.74 Å². The zero-order valence-corrected chi connectivity index (χ0v) is 22.8. The van der Waals surface area contributed by atoms with E-state index in [4.69, 9.17) is 4.74 Å². The molecule has 1 aliphatic rings. The number of ketones is 1. The van der Waals surface area contributed by atoms with Crippen LogP contribution in [0.1, 0.15) is 76.7 Å². The van der Waals surface area contributed by atoms with Gasteiger partial charge in [0.1, 0.15) is 22.9 Å². The van der Waals surface area contributed by atoms with E-state index in [-0.39, 0.29) is 47.3 Å². The third-order valence-corrected chi connectivity index (χ3v) is 6.55. The van der Waals surface area contributed by atoms with Crippen LogP contribution in [0.15, 0.2) is 35.4 Å². The zero-order chi connectivity index (χ0) is 27.8. The van der Waals surface area contributed by atoms with E-state index >= 15 is 0 Å². The molecule has 2 N–H and O–H groups in total. The Kier molecular flexibility index (Phi) is 7.59. The number of carbonyl (C=O) groups excluding carboxylic acids is 2. The Hall–Kier alpha value is -3.73. The van der Waals surface area contributed by atoms with Gasteiger partial charge < -0.3 is 19.7 Å². The summed E-state index contributed by atoms with van der Waals surface area (Å²) < 4.78 is 8.55. The lowest BCUT2D eigenvalue weighted by Crippen LogP contribution is -2.35. The maximum atomic E-state index is 13.3. The summed E-state index contributed by atoms with van der Waals surface area (Å²) in [5, 5.41) is 17.3. The first-order chi connectivity index (χ1) is 17.8. The maximum absolute atomic E-state index is 13.3. The molecular formula is C27H36N6O5. The molecule has 0 aromatic carbocycles. The molecule has 0 saturated heterocycles. The van der Waals surface area contributed by atoms with Crippen LogP contribution in [0.4, 0.5) is 22.1 Å². The van der Waals surface area contributed by atoms with Gasteiger partial charge in [0.25, 0.3) is 5.56 Å². The largest absolute Gasteiger partial charge is 0.443 e. The summed E-state index contributed by atoms with van der Waals surface area (Å²) in [7, 11) is 1.55. The van der Waals surface area contributed by atoms with E-state index in [1.54, 1.807) is 56.8 Å². The number of aromatic nitrogens is 4. The zero-order valence-electron chi connectivity index (χ0n) is 22.8. The lowest BCUT2D eigenvalue weighted by molar-refractivity contribution is 0.0587. The van der Waals surface area contributed by atoms with Crippen LogP contribution in [0.3, 0.4) is 0 Å². The molecule has 0 aliphatic heterocycles. The van der Waals surface area contributed by atoms with Crippen LogP contribution >= 0.6 is 0 Å². The first kappa shape index (κ1) is 27.3. The van der Waals surface area contributed by atoms with Gasteiger partial charge in [-0.05, 0) is 71.9 Å². The molecule has 3 aromatic heterocycles. The second kappa shape index (κ2) is 10.6. The molecule has 2 atom stereocenters. The number of nitrogens with one attached hydrogen (secondary N) is 1. The van der Waals surface area contributed by atoms with Crippen molar-refractivity contribution in [3.05, 3.63) is 46.5 Å². The van der Waals surface area contributed by atoms with Crippen LogP contribution in [0.2, 0.25) is 0 Å². The molecule has 0 spiro atoms. The third kappa shape index (κ3) is 5.88. The summed E-state index contributed by atoms with van der Waals surface area (Å²) in [5.41, 5.74) is -0.0839. The Morgan fingerprint density at radius 1 is 1.29 bits per heavy atom. The average Bonchev–Trinajstić information content (AvgIpc) is 3.44. The van der Waals surface area contributed by atoms with Gasteiger partial charge in [0.05, 0.1) is 17.9 Å². The monoisotopic (exact) mass is 524 g/mol. The average molecular weight is 525 g/mol. The number of ether oxygens (including phenoxy) is 1. The van der Waals surface area contributed by atoms with Gasteiger partial charge in [0.15, 0.2) is 11.4 Å². The molecular weight excluding hydrogens is 488 g/mol. The number of rotatable bonds is 7. The molecule has 1 saturated carbocycles. The van der Waals surface area contributed by atoms with Gasteiger partial charge in [-0.3, -0.25) is 14.5 Å². The van der Waals surface area contributed by atoms with Crippen LogP contribution in [0.25, 0.3) is 5.65 Å². The predicted molar refractivity (Wildman–Crippen MR) is 144 cm³/mol. The summed E-state index contributed by atoms with van der Waals surface area (Å²) in [6, 6.07) is 4.96. The lowest BCUT2D eigenvalue weighted by atomic mass is 9.98. The van der Waals surface area contributed by atoms with Crippen LogP contribution in [0, 0.1) is 5.92 Å². The van der Waals surface area contributed by atoms with Gasteiger partial charge in [-0.25, -0.2) is 9.78 Å². The van der Waals surface area contributed by atoms with Gasteiger partial charge in [-0.2, -0.15) is 9.61 Å². The molecule has 0 bridgehead atoms. The molecule has 0 radical (unpaired) electrons. The van der Waals surface area contributed by atoms with Crippen LogP contribution in [-0.4, -0.2) is 54.9 Å². The summed E-state index contributed by atoms with van der Waals surface area (Å²) in [4.78, 5) is 45.1. The van der Waals surface area contributed by atoms with Crippen molar-refractivity contribution in [2.24, 2.45) is 5.92 Å². The van der Waals surface area contributed by atoms with Crippen molar-refractivity contribution < 1.29 is 19.4 Å². The number of anilines is 3. The van der Waals surface area contributed by atoms with E-state index < -0.39 is 11.7 Å². The number of hydrogen-bond donors (Lipinski definition) is 2. The van der Waals surface area contributed by atoms with Gasteiger partial charge >= 0.3 is 6.09 Å². The molecule has 38 heavy (non-hydrogen) atoms. The van der Waals surface area contributed by atoms with Crippen molar-refractivity contribution in [2.45, 2.75) is 78.0 Å². The first-order valence-electron chi connectivity index (χ1n) is 12.9. The Morgan fingerprint density at radius 3 is 2.66 bits per heavy atom. The predicted octanol–water partition coefficient (Wildman–Crippen LogP) is 4.32. The van der Waals surface area contributed by atoms with E-state index in [1.807, 2.05) is 13.8 Å². The number of carbonyl (C=O) groups is 2. The van der Waals surface area contributed by atoms with Gasteiger partial charge in [-0.15, -0.1) is 0 Å². The summed E-state index contributed by atoms with van der Waals surface area (Å²) in [6.45, 7) is 9.14. The van der Waals surface area contributed by atoms with Crippen molar-refractivity contribution in [2.75, 3.05) is 17.3 Å². The van der Waals surface area contributed by atoms with E-state index in [9.17, 15) is 19.5 Å². The first-order valence-corrected chi connectivity index (χ1v) is 12.9. The summed E-state index contributed by atoms with van der Waals surface area (Å²) >= 11 is 0. The molecule has 0 unspecified atom stereocenters. The number of aliphatic hydroxyl groups is 1. The van der Waals surface area contributed by atoms with Crippen LogP contribution in [0.5, 0.6) is 0 Å². The maximum Gasteiger partial charge on any atom is 0.415 e. The normalized spacial score (nSPS) is 17.7. The topological polar surface area (TPSA) is 131 Å². The number of amides is 1. The molecule has 204 valence electrons. The Morgan fingerprint density at radius 2 is 2.03 bits per heavy atom. The number of pyridine rings is 1. The number of aliphatic hydroxyl groups excluding tert-OH is 1. The van der Waals surface area contributed by atoms with Crippen molar-refractivity contribution in [3.8, 4) is 0 Å². The number of fused-ring (bicyclic) bond motifs is 1. The quantitative estimate of drug-likeness (QED) is 0.437. The van der Waals surface area contributed by atoms with Gasteiger partial charge in [0.2, 0.25) is 0 Å². The fraction of sp³-hybridized carbons (Fsp3) is 0.519. The van der Waals surface area contributed by atoms with Crippen molar-refractivity contribution >= 4 is 34.8 Å². The van der Waals surface area contributed by atoms with Crippen molar-refractivity contribution in [3.63, 3.8) is 0 Å². The fourth-order valence-electron chi connectivity index (χ4n) is 4.63. The van der Waals surface area contributed by atoms with E-state index in [1.165, 1.54) is 15.6 Å². The molecule has 3 heterocycles. The second-order valence-corrected chi connectivity index (χ2v) is 11.1. The minimum Gasteiger partial charge on any atom is -0.443 e. The van der Waals surface area contributed by atoms with E-state index in [0.717, 1.165) is 6.42 Å². The summed E-state index contributed by atoms with van der Waals surface area (Å²) in [6.07, 6.45) is 4.51. The highest BCUT2D eigenvalue weighted by Crippen LogP contribution is 2.31. The highest BCUT2D eigenvalue weighted by atomic mass is 16.6. The van der Waals surface area contributed by atoms with E-state index in [2.05, 4.69) is 15.4 Å². The standard InChI is InChI=1S/C27H36N6O5/c1-16(2)32-11-7-8-20(25(32)36)29-22-14-23(31(6)26(37)38-27(3,4)5)33-24(30-22)19(15-28-33)21(35)13-17-9-10-18(34)12-17/h7-8,11,14-18,34H,9-10,12-13H2,1-6H3,(H,29,30)/t17-,18+/m0/s1. The third-order valence-electron chi connectivity index (χ3n) is 6.55. The molecule has 1 amide bonds. The molecule has 1 fully saturated rings. The molecule has 11 nitrogen and oxygen atoms in total. The fourth-order valence-corrected chi connectivity index (χ4v) is 4.63. The number of nitrogens with zero attached hydrogens (tertiary/aromatic N) is 5. The molecule has 4 rings (SSSR count). The molecule has 3 aromatic rings. The SMILES string of the molecule is CC(C)n1cccc(Nc2cc(N(C)C(=O)OC(C)(C)C)n3ncc(C(=O)C[C@H]4CC[C@@H](O)C4)c3n2)c1=O. The van der Waals surface area contributed by atoms with Gasteiger partial charge in [-0.1, -0.05) is 0 Å². The molecule has 1 aliphatic carbocycles. The van der Waals surface area contributed by atoms with E-state index in [0.29, 0.717) is 29.9 Å². The molecule has 11 heteroatoms. The second-order valence-electron chi connectivity index (χ2n) is 11.1. The Bertz CT molecular complexity index is 1400. The minimum absolute atomic E-state index is 0.0401. The van der Waals surface area contributed by atoms with Crippen molar-refractivity contribution in [1.82, 2.24) is 19.2 Å². The highest BCUT2D eigenvalue weighted by molar-refractivity contribution is 6.02. The Labute approximate surface area is 221 Å². The van der Waals surface area contributed by atoms with Crippen LogP contribution < -0.4 is 15.8 Å². The smallest absolute Gasteiger partial charge is 0.415 e. The Balaban J connectivity index is 1.77. The van der Waals surface area contributed by atoms with Gasteiger partial charge in [0, 0.05) is 31.8 Å². The number of Topliss-reactive ketones (excluding diaryl/α,β-unsaturated/α-hetero) is 1. The number of hydrogen-bond acceptors (Lipinski definition) is 8. The summed E-state index contributed by atoms with van der Waals surface area (Å²) in [5.74, 6) is 0.530. The van der Waals surface area contributed by atoms with Crippen molar-refractivity contribution in [1.29, 1.82) is 0 Å².